The van der Waals surface area contributed by atoms with Gasteiger partial charge >= 0.3 is 12.1 Å². The number of nitrogens with one attached hydrogen (secondary N) is 1. The first-order valence-electron chi connectivity index (χ1n) is 6.67. The van der Waals surface area contributed by atoms with Gasteiger partial charge in [0.2, 0.25) is 0 Å². The van der Waals surface area contributed by atoms with Gasteiger partial charge in [0.1, 0.15) is 11.6 Å². The summed E-state index contributed by atoms with van der Waals surface area (Å²) in [7, 11) is 1.29. The third-order valence-electron chi connectivity index (χ3n) is 2.67. The monoisotopic (exact) mass is 313 g/mol. The first-order valence-corrected chi connectivity index (χ1v) is 6.67. The summed E-state index contributed by atoms with van der Waals surface area (Å²) in [6, 6.07) is 2.93. The summed E-state index contributed by atoms with van der Waals surface area (Å²) in [4.78, 5) is 23.0. The van der Waals surface area contributed by atoms with E-state index in [-0.39, 0.29) is 12.2 Å². The van der Waals surface area contributed by atoms with Crippen LogP contribution in [-0.2, 0) is 16.0 Å². The molecular weight excluding hydrogens is 293 g/mol. The number of alkyl carbamates (subject to hydrolysis) is 1. The number of carboxylic acids is 1. The summed E-state index contributed by atoms with van der Waals surface area (Å²) in [5.74, 6) is -1.89. The third kappa shape index (κ3) is 5.23. The van der Waals surface area contributed by atoms with Crippen LogP contribution in [0.1, 0.15) is 26.3 Å². The topological polar surface area (TPSA) is 84.9 Å². The molecule has 1 aromatic carbocycles. The minimum Gasteiger partial charge on any atom is -0.493 e. The number of benzene rings is 1. The van der Waals surface area contributed by atoms with Crippen molar-refractivity contribution < 1.29 is 28.6 Å². The number of carbonyl (C=O) groups is 2. The molecule has 1 amide bonds. The van der Waals surface area contributed by atoms with E-state index < -0.39 is 29.5 Å². The van der Waals surface area contributed by atoms with Crippen molar-refractivity contribution in [3.05, 3.63) is 29.6 Å². The number of ether oxygens (including phenoxy) is 2. The fraction of sp³-hybridized carbons (Fsp3) is 0.467. The Labute approximate surface area is 128 Å². The molecule has 0 fully saturated rings. The van der Waals surface area contributed by atoms with Gasteiger partial charge in [0, 0.05) is 6.42 Å². The first kappa shape index (κ1) is 17.7. The van der Waals surface area contributed by atoms with Crippen LogP contribution in [0.5, 0.6) is 5.75 Å². The summed E-state index contributed by atoms with van der Waals surface area (Å²) in [6.45, 7) is 4.99. The molecule has 6 nitrogen and oxygen atoms in total. The summed E-state index contributed by atoms with van der Waals surface area (Å²) in [5, 5.41) is 11.5. The molecule has 22 heavy (non-hydrogen) atoms. The van der Waals surface area contributed by atoms with Crippen LogP contribution in [0.25, 0.3) is 0 Å². The molecule has 1 unspecified atom stereocenters. The Morgan fingerprint density at radius 1 is 1.36 bits per heavy atom. The second-order valence-corrected chi connectivity index (χ2v) is 5.67. The molecular formula is C15H20FNO5. The van der Waals surface area contributed by atoms with Crippen molar-refractivity contribution in [3.8, 4) is 5.75 Å². The predicted molar refractivity (Wildman–Crippen MR) is 77.4 cm³/mol. The Balaban J connectivity index is 2.88. The highest BCUT2D eigenvalue weighted by Gasteiger charge is 2.25. The van der Waals surface area contributed by atoms with Gasteiger partial charge in [-0.3, -0.25) is 0 Å². The molecule has 7 heteroatoms. The maximum absolute atomic E-state index is 13.6. The maximum Gasteiger partial charge on any atom is 0.408 e. The highest BCUT2D eigenvalue weighted by atomic mass is 19.1. The molecule has 0 bridgehead atoms. The zero-order valence-electron chi connectivity index (χ0n) is 13.0. The van der Waals surface area contributed by atoms with Crippen molar-refractivity contribution in [2.45, 2.75) is 38.8 Å². The van der Waals surface area contributed by atoms with Crippen molar-refractivity contribution in [3.63, 3.8) is 0 Å². The Hall–Kier alpha value is -2.31. The molecule has 0 aliphatic carbocycles. The van der Waals surface area contributed by atoms with Crippen molar-refractivity contribution >= 4 is 12.1 Å². The van der Waals surface area contributed by atoms with E-state index in [2.05, 4.69) is 5.32 Å². The number of amides is 1. The maximum atomic E-state index is 13.6. The molecule has 1 atom stereocenters. The standard InChI is InChI=1S/C15H20FNO5/c1-15(2,3)22-14(20)17-11(13(18)19)8-9-6-5-7-10(16)12(9)21-4/h5-7,11H,8H2,1-4H3,(H,17,20)(H,18,19). The van der Waals surface area contributed by atoms with Crippen LogP contribution in [0, 0.1) is 5.82 Å². The van der Waals surface area contributed by atoms with E-state index >= 15 is 0 Å². The van der Waals surface area contributed by atoms with Gasteiger partial charge in [0.25, 0.3) is 0 Å². The quantitative estimate of drug-likeness (QED) is 0.871. The number of para-hydroxylation sites is 1. The van der Waals surface area contributed by atoms with E-state index in [0.717, 1.165) is 0 Å². The lowest BCUT2D eigenvalue weighted by Gasteiger charge is -2.22. The van der Waals surface area contributed by atoms with E-state index in [4.69, 9.17) is 9.47 Å². The molecule has 0 aromatic heterocycles. The summed E-state index contributed by atoms with van der Waals surface area (Å²) in [5.41, 5.74) is -0.407. The molecule has 0 saturated carbocycles. The molecule has 0 radical (unpaired) electrons. The minimum absolute atomic E-state index is 0.0419. The van der Waals surface area contributed by atoms with Gasteiger partial charge in [-0.25, -0.2) is 14.0 Å². The second-order valence-electron chi connectivity index (χ2n) is 5.67. The number of aliphatic carboxylic acids is 1. The number of methoxy groups -OCH3 is 1. The number of hydrogen-bond acceptors (Lipinski definition) is 4. The Morgan fingerprint density at radius 2 is 2.00 bits per heavy atom. The molecule has 122 valence electrons. The van der Waals surface area contributed by atoms with Gasteiger partial charge in [-0.1, -0.05) is 12.1 Å². The number of halogens is 1. The first-order chi connectivity index (χ1) is 10.1. The van der Waals surface area contributed by atoms with Gasteiger partial charge in [-0.05, 0) is 32.4 Å². The van der Waals surface area contributed by atoms with Crippen LogP contribution >= 0.6 is 0 Å². The molecule has 0 spiro atoms. The average molecular weight is 313 g/mol. The normalized spacial score (nSPS) is 12.4. The molecule has 0 aliphatic heterocycles. The molecule has 2 N–H and O–H groups in total. The van der Waals surface area contributed by atoms with E-state index in [1.807, 2.05) is 0 Å². The largest absolute Gasteiger partial charge is 0.493 e. The minimum atomic E-state index is -1.26. The van der Waals surface area contributed by atoms with Gasteiger partial charge in [-0.2, -0.15) is 0 Å². The number of carbonyl (C=O) groups excluding carboxylic acids is 1. The van der Waals surface area contributed by atoms with Crippen molar-refractivity contribution in [1.82, 2.24) is 5.32 Å². The molecule has 0 aliphatic rings. The van der Waals surface area contributed by atoms with Crippen molar-refractivity contribution in [1.29, 1.82) is 0 Å². The molecule has 1 rings (SSSR count). The highest BCUT2D eigenvalue weighted by Crippen LogP contribution is 2.23. The smallest absolute Gasteiger partial charge is 0.408 e. The lowest BCUT2D eigenvalue weighted by molar-refractivity contribution is -0.139. The zero-order chi connectivity index (χ0) is 16.9. The van der Waals surface area contributed by atoms with E-state index in [0.29, 0.717) is 5.56 Å². The molecule has 1 aromatic rings. The average Bonchev–Trinajstić information content (AvgIpc) is 2.35. The fourth-order valence-corrected chi connectivity index (χ4v) is 1.81. The van der Waals surface area contributed by atoms with Crippen LogP contribution in [0.3, 0.4) is 0 Å². The number of rotatable bonds is 5. The summed E-state index contributed by atoms with van der Waals surface area (Å²) >= 11 is 0. The third-order valence-corrected chi connectivity index (χ3v) is 2.67. The van der Waals surface area contributed by atoms with Gasteiger partial charge in [0.05, 0.1) is 7.11 Å². The Kier molecular flexibility index (Phi) is 5.73. The Bertz CT molecular complexity index is 553. The molecule has 0 heterocycles. The highest BCUT2D eigenvalue weighted by molar-refractivity contribution is 5.80. The Morgan fingerprint density at radius 3 is 2.50 bits per heavy atom. The fourth-order valence-electron chi connectivity index (χ4n) is 1.81. The van der Waals surface area contributed by atoms with E-state index in [1.165, 1.54) is 25.3 Å². The lowest BCUT2D eigenvalue weighted by Crippen LogP contribution is -2.44. The second kappa shape index (κ2) is 7.11. The van der Waals surface area contributed by atoms with Crippen LogP contribution < -0.4 is 10.1 Å². The number of carboxylic acid groups (broad SMARTS) is 1. The predicted octanol–water partition coefficient (Wildman–Crippen LogP) is 2.35. The summed E-state index contributed by atoms with van der Waals surface area (Å²) < 4.78 is 23.6. The van der Waals surface area contributed by atoms with Crippen LogP contribution in [0.15, 0.2) is 18.2 Å². The van der Waals surface area contributed by atoms with Gasteiger partial charge < -0.3 is 19.9 Å². The van der Waals surface area contributed by atoms with E-state index in [9.17, 15) is 19.1 Å². The van der Waals surface area contributed by atoms with Crippen LogP contribution in [0.2, 0.25) is 0 Å². The number of hydrogen-bond donors (Lipinski definition) is 2. The van der Waals surface area contributed by atoms with Crippen molar-refractivity contribution in [2.24, 2.45) is 0 Å². The molecule has 0 saturated heterocycles. The lowest BCUT2D eigenvalue weighted by atomic mass is 10.0. The van der Waals surface area contributed by atoms with E-state index in [1.54, 1.807) is 20.8 Å². The SMILES string of the molecule is COc1c(F)cccc1CC(NC(=O)OC(C)(C)C)C(=O)O. The van der Waals surface area contributed by atoms with Gasteiger partial charge in [-0.15, -0.1) is 0 Å². The van der Waals surface area contributed by atoms with Gasteiger partial charge in [0.15, 0.2) is 11.6 Å². The van der Waals surface area contributed by atoms with Crippen LogP contribution in [0.4, 0.5) is 9.18 Å². The zero-order valence-corrected chi connectivity index (χ0v) is 13.0. The summed E-state index contributed by atoms with van der Waals surface area (Å²) in [6.07, 6.45) is -0.981. The van der Waals surface area contributed by atoms with Crippen molar-refractivity contribution in [2.75, 3.05) is 7.11 Å². The van der Waals surface area contributed by atoms with Crippen LogP contribution in [-0.4, -0.2) is 35.9 Å².